The largest absolute Gasteiger partial charge is 0.508 e. The summed E-state index contributed by atoms with van der Waals surface area (Å²) in [7, 11) is 1.80. The van der Waals surface area contributed by atoms with Gasteiger partial charge in [0, 0.05) is 50.2 Å². The van der Waals surface area contributed by atoms with E-state index in [1.165, 1.54) is 6.20 Å². The summed E-state index contributed by atoms with van der Waals surface area (Å²) in [6.45, 7) is 1.21. The first-order valence-corrected chi connectivity index (χ1v) is 13.5. The smallest absolute Gasteiger partial charge is 0.418 e. The lowest BCUT2D eigenvalue weighted by Gasteiger charge is -2.34. The summed E-state index contributed by atoms with van der Waals surface area (Å²) in [5.41, 5.74) is -0.730. The molecular weight excluding hydrogens is 580 g/mol. The monoisotopic (exact) mass is 602 g/mol. The summed E-state index contributed by atoms with van der Waals surface area (Å²) >= 11 is 5.86. The minimum absolute atomic E-state index is 0.0117. The number of nitrogens with zero attached hydrogens (tertiary/aromatic N) is 6. The van der Waals surface area contributed by atoms with Crippen LogP contribution in [0.5, 0.6) is 11.8 Å². The van der Waals surface area contributed by atoms with Gasteiger partial charge in [-0.2, -0.15) is 28.2 Å². The Bertz CT molecular complexity index is 1810. The highest BCUT2D eigenvalue weighted by Crippen LogP contribution is 2.44. The quantitative estimate of drug-likeness (QED) is 0.242. The number of pyridine rings is 1. The van der Waals surface area contributed by atoms with E-state index in [4.69, 9.17) is 16.3 Å². The fraction of sp³-hybridized carbons (Fsp3) is 0.333. The van der Waals surface area contributed by atoms with Crippen molar-refractivity contribution in [3.63, 3.8) is 0 Å². The molecule has 0 aliphatic carbocycles. The first-order valence-electron chi connectivity index (χ1n) is 13.1. The van der Waals surface area contributed by atoms with Gasteiger partial charge >= 0.3 is 12.2 Å². The van der Waals surface area contributed by atoms with E-state index < -0.39 is 39.6 Å². The fourth-order valence-corrected chi connectivity index (χ4v) is 6.18. The molecule has 3 N–H and O–H groups in total. The van der Waals surface area contributed by atoms with E-state index in [0.717, 1.165) is 36.0 Å². The SMILES string of the molecule is Cn1cc2[nH]c(COc3nc(N4C[C@H]5CC[C@@H](C4)N5)c4cnc(-c5cc(O)cc(Cl)c5C(F)(F)F)c(F)c4n3)cc2n1. The number of phenolic OH excluding ortho intramolecular Hbond substituents is 1. The molecule has 0 radical (unpaired) electrons. The Morgan fingerprint density at radius 3 is 2.62 bits per heavy atom. The van der Waals surface area contributed by atoms with Gasteiger partial charge in [0.15, 0.2) is 5.82 Å². The highest BCUT2D eigenvalue weighted by atomic mass is 35.5. The number of anilines is 1. The van der Waals surface area contributed by atoms with Crippen LogP contribution in [0.25, 0.3) is 33.2 Å². The van der Waals surface area contributed by atoms with Gasteiger partial charge in [-0.25, -0.2) is 4.39 Å². The van der Waals surface area contributed by atoms with Crippen molar-refractivity contribution in [3.05, 3.63) is 52.7 Å². The van der Waals surface area contributed by atoms with Crippen LogP contribution in [0.1, 0.15) is 24.1 Å². The van der Waals surface area contributed by atoms with Gasteiger partial charge in [0.25, 0.3) is 0 Å². The number of phenols is 1. The molecule has 218 valence electrons. The van der Waals surface area contributed by atoms with Crippen LogP contribution in [0, 0.1) is 5.82 Å². The number of ether oxygens (including phenoxy) is 1. The number of benzene rings is 1. The van der Waals surface area contributed by atoms with Crippen LogP contribution in [0.4, 0.5) is 23.4 Å². The molecule has 42 heavy (non-hydrogen) atoms. The molecule has 2 fully saturated rings. The Kier molecular flexibility index (Phi) is 6.17. The number of H-pyrrole nitrogens is 1. The summed E-state index contributed by atoms with van der Waals surface area (Å²) in [6, 6.07) is 3.62. The van der Waals surface area contributed by atoms with Crippen molar-refractivity contribution in [2.45, 2.75) is 37.7 Å². The second kappa shape index (κ2) is 9.70. The van der Waals surface area contributed by atoms with Crippen molar-refractivity contribution < 1.29 is 27.4 Å². The Morgan fingerprint density at radius 2 is 1.90 bits per heavy atom. The van der Waals surface area contributed by atoms with Crippen LogP contribution in [0.2, 0.25) is 5.02 Å². The Labute approximate surface area is 240 Å². The van der Waals surface area contributed by atoms with Crippen molar-refractivity contribution >= 4 is 39.4 Å². The first kappa shape index (κ1) is 26.7. The number of hydrogen-bond acceptors (Lipinski definition) is 8. The number of piperazine rings is 1. The number of aryl methyl sites for hydroxylation is 1. The molecule has 2 aliphatic heterocycles. The van der Waals surface area contributed by atoms with E-state index in [-0.39, 0.29) is 35.6 Å². The number of hydrogen-bond donors (Lipinski definition) is 3. The molecule has 10 nitrogen and oxygen atoms in total. The zero-order valence-electron chi connectivity index (χ0n) is 22.0. The van der Waals surface area contributed by atoms with Crippen molar-refractivity contribution in [2.75, 3.05) is 18.0 Å². The minimum atomic E-state index is -4.94. The molecule has 0 unspecified atom stereocenters. The first-order chi connectivity index (χ1) is 20.0. The standard InChI is InChI=1S/C27H23ClF4N8O2/c1-39-10-20-19(38-39)4-14(35-20)11-42-26-36-24-17(25(37-26)40-8-12-2-3-13(9-40)34-12)7-33-23(22(24)29)16-5-15(41)6-18(28)21(16)27(30,31)32/h4-7,10,12-13,34-35,41H,2-3,8-9,11H2,1H3/t12-,13+. The number of alkyl halides is 3. The summed E-state index contributed by atoms with van der Waals surface area (Å²) < 4.78 is 65.7. The van der Waals surface area contributed by atoms with Gasteiger partial charge in [-0.15, -0.1) is 0 Å². The summed E-state index contributed by atoms with van der Waals surface area (Å²) in [5, 5.41) is 17.3. The Morgan fingerprint density at radius 1 is 1.14 bits per heavy atom. The third-order valence-electron chi connectivity index (χ3n) is 7.59. The third kappa shape index (κ3) is 4.64. The topological polar surface area (TPSA) is 117 Å². The van der Waals surface area contributed by atoms with Gasteiger partial charge in [-0.3, -0.25) is 9.67 Å². The number of aromatic amines is 1. The van der Waals surface area contributed by atoms with Gasteiger partial charge in [0.1, 0.15) is 34.9 Å². The molecule has 5 aromatic rings. The summed E-state index contributed by atoms with van der Waals surface area (Å²) in [5.74, 6) is -1.32. The van der Waals surface area contributed by atoms with Crippen molar-refractivity contribution in [2.24, 2.45) is 7.05 Å². The average molecular weight is 603 g/mol. The maximum atomic E-state index is 16.2. The molecule has 0 spiro atoms. The number of nitrogens with one attached hydrogen (secondary N) is 2. The van der Waals surface area contributed by atoms with Crippen molar-refractivity contribution in [1.29, 1.82) is 0 Å². The molecule has 15 heteroatoms. The van der Waals surface area contributed by atoms with Crippen LogP contribution in [-0.2, 0) is 19.8 Å². The van der Waals surface area contributed by atoms with E-state index >= 15 is 4.39 Å². The number of fused-ring (bicyclic) bond motifs is 4. The molecule has 2 aliphatic rings. The maximum absolute atomic E-state index is 16.2. The molecule has 6 heterocycles. The highest BCUT2D eigenvalue weighted by Gasteiger charge is 2.39. The van der Waals surface area contributed by atoms with Gasteiger partial charge in [-0.05, 0) is 31.0 Å². The minimum Gasteiger partial charge on any atom is -0.508 e. The third-order valence-corrected chi connectivity index (χ3v) is 7.89. The van der Waals surface area contributed by atoms with Crippen LogP contribution in [0.15, 0.2) is 30.6 Å². The Balaban J connectivity index is 1.35. The molecule has 4 aromatic heterocycles. The predicted octanol–water partition coefficient (Wildman–Crippen LogP) is 4.94. The lowest BCUT2D eigenvalue weighted by molar-refractivity contribution is -0.137. The fourth-order valence-electron chi connectivity index (χ4n) is 5.85. The molecule has 1 aromatic carbocycles. The van der Waals surface area contributed by atoms with E-state index in [9.17, 15) is 18.3 Å². The highest BCUT2D eigenvalue weighted by molar-refractivity contribution is 6.32. The molecule has 2 saturated heterocycles. The van der Waals surface area contributed by atoms with E-state index in [2.05, 4.69) is 30.4 Å². The average Bonchev–Trinajstić information content (AvgIpc) is 3.57. The summed E-state index contributed by atoms with van der Waals surface area (Å²) in [6.07, 6.45) is 0.0887. The van der Waals surface area contributed by atoms with Gasteiger partial charge in [0.05, 0.1) is 27.2 Å². The lowest BCUT2D eigenvalue weighted by Crippen LogP contribution is -2.51. The zero-order chi connectivity index (χ0) is 29.3. The molecule has 0 amide bonds. The second-order valence-electron chi connectivity index (χ2n) is 10.6. The number of halogens is 5. The second-order valence-corrected chi connectivity index (χ2v) is 11.0. The lowest BCUT2D eigenvalue weighted by atomic mass is 10.0. The Hall–Kier alpha value is -4.17. The van der Waals surface area contributed by atoms with Gasteiger partial charge < -0.3 is 25.0 Å². The molecule has 7 rings (SSSR count). The van der Waals surface area contributed by atoms with Gasteiger partial charge in [0.2, 0.25) is 0 Å². The van der Waals surface area contributed by atoms with E-state index in [0.29, 0.717) is 24.6 Å². The molecule has 0 saturated carbocycles. The van der Waals surface area contributed by atoms with Crippen molar-refractivity contribution in [1.82, 2.24) is 35.0 Å². The number of aromatic hydroxyl groups is 1. The van der Waals surface area contributed by atoms with Gasteiger partial charge in [-0.1, -0.05) is 11.6 Å². The molecule has 2 atom stereocenters. The summed E-state index contributed by atoms with van der Waals surface area (Å²) in [4.78, 5) is 18.1. The normalized spacial score (nSPS) is 18.9. The zero-order valence-corrected chi connectivity index (χ0v) is 22.8. The van der Waals surface area contributed by atoms with Crippen molar-refractivity contribution in [3.8, 4) is 23.0 Å². The maximum Gasteiger partial charge on any atom is 0.418 e. The van der Waals surface area contributed by atoms with E-state index in [1.54, 1.807) is 17.8 Å². The van der Waals surface area contributed by atoms with Crippen LogP contribution < -0.4 is 15.0 Å². The molecular formula is C27H23ClF4N8O2. The predicted molar refractivity (Wildman–Crippen MR) is 146 cm³/mol. The number of rotatable bonds is 5. The van der Waals surface area contributed by atoms with Crippen LogP contribution in [0.3, 0.4) is 0 Å². The van der Waals surface area contributed by atoms with Crippen LogP contribution >= 0.6 is 11.6 Å². The van der Waals surface area contributed by atoms with Crippen LogP contribution in [-0.4, -0.2) is 60.0 Å². The molecule has 2 bridgehead atoms. The van der Waals surface area contributed by atoms with E-state index in [1.807, 2.05) is 11.1 Å². The number of aromatic nitrogens is 6.